The van der Waals surface area contributed by atoms with Gasteiger partial charge in [0.25, 0.3) is 0 Å². The average Bonchev–Trinajstić information content (AvgIpc) is 3.17. The summed E-state index contributed by atoms with van der Waals surface area (Å²) in [6, 6.07) is 0.183. The number of hydrogen-bond acceptors (Lipinski definition) is 4. The van der Waals surface area contributed by atoms with Crippen LogP contribution in [0.4, 0.5) is 0 Å². The number of rotatable bonds is 7. The van der Waals surface area contributed by atoms with E-state index >= 15 is 0 Å². The van der Waals surface area contributed by atoms with Crippen molar-refractivity contribution in [3.8, 4) is 0 Å². The lowest BCUT2D eigenvalue weighted by molar-refractivity contribution is -0.153. The summed E-state index contributed by atoms with van der Waals surface area (Å²) in [6.45, 7) is 8.60. The molecule has 1 aromatic rings. The highest BCUT2D eigenvalue weighted by molar-refractivity contribution is 6.31. The van der Waals surface area contributed by atoms with Gasteiger partial charge in [0.2, 0.25) is 0 Å². The predicted molar refractivity (Wildman–Crippen MR) is 82.3 cm³/mol. The summed E-state index contributed by atoms with van der Waals surface area (Å²) in [5, 5.41) is 8.45. The number of nitrogens with one attached hydrogen (secondary N) is 1. The Morgan fingerprint density at radius 2 is 2.29 bits per heavy atom. The number of esters is 1. The molecule has 0 aliphatic heterocycles. The Morgan fingerprint density at radius 1 is 1.62 bits per heavy atom. The van der Waals surface area contributed by atoms with Crippen LogP contribution in [-0.4, -0.2) is 33.9 Å². The summed E-state index contributed by atoms with van der Waals surface area (Å²) in [6.07, 6.45) is 3.84. The summed E-state index contributed by atoms with van der Waals surface area (Å²) in [5.74, 6) is 0.104. The molecule has 1 N–H and O–H groups in total. The van der Waals surface area contributed by atoms with Gasteiger partial charge in [-0.25, -0.2) is 4.79 Å². The minimum atomic E-state index is -0.716. The first kappa shape index (κ1) is 16.3. The Kier molecular flexibility index (Phi) is 4.94. The molecule has 21 heavy (non-hydrogen) atoms. The van der Waals surface area contributed by atoms with Crippen molar-refractivity contribution < 1.29 is 9.53 Å². The van der Waals surface area contributed by atoms with Crippen molar-refractivity contribution in [3.05, 3.63) is 16.9 Å². The summed E-state index contributed by atoms with van der Waals surface area (Å²) in [4.78, 5) is 12.6. The van der Waals surface area contributed by atoms with Gasteiger partial charge in [-0.2, -0.15) is 5.10 Å². The van der Waals surface area contributed by atoms with Crippen LogP contribution in [0.25, 0.3) is 0 Å². The number of ether oxygens (including phenoxy) is 1. The van der Waals surface area contributed by atoms with Crippen LogP contribution in [0, 0.1) is 12.8 Å². The largest absolute Gasteiger partial charge is 0.465 e. The highest BCUT2D eigenvalue weighted by Gasteiger charge is 2.52. The molecule has 1 atom stereocenters. The van der Waals surface area contributed by atoms with Crippen LogP contribution in [0.5, 0.6) is 0 Å². The van der Waals surface area contributed by atoms with Crippen LogP contribution in [0.3, 0.4) is 0 Å². The van der Waals surface area contributed by atoms with E-state index in [1.165, 1.54) is 0 Å². The highest BCUT2D eigenvalue weighted by atomic mass is 35.5. The normalized spacial score (nSPS) is 17.8. The molecule has 0 spiro atoms. The smallest absolute Gasteiger partial charge is 0.328 e. The molecule has 0 bridgehead atoms. The van der Waals surface area contributed by atoms with E-state index < -0.39 is 5.54 Å². The number of nitrogens with zero attached hydrogens (tertiary/aromatic N) is 2. The molecule has 0 saturated heterocycles. The van der Waals surface area contributed by atoms with Gasteiger partial charge in [0, 0.05) is 12.2 Å². The first-order chi connectivity index (χ1) is 9.89. The lowest BCUT2D eigenvalue weighted by Crippen LogP contribution is -2.60. The van der Waals surface area contributed by atoms with Crippen LogP contribution in [0.1, 0.15) is 39.3 Å². The Hall–Kier alpha value is -1.07. The van der Waals surface area contributed by atoms with E-state index in [9.17, 15) is 4.79 Å². The number of carbonyl (C=O) groups is 1. The molecule has 1 saturated carbocycles. The van der Waals surface area contributed by atoms with Gasteiger partial charge < -0.3 is 4.74 Å². The van der Waals surface area contributed by atoms with Gasteiger partial charge in [-0.15, -0.1) is 0 Å². The molecule has 118 valence electrons. The zero-order chi connectivity index (χ0) is 15.6. The SMILES string of the molecule is CCOC(=O)C(Cn1cc(Cl)c(C)n1)(NC(C)C)C1CC1. The second kappa shape index (κ2) is 6.36. The molecule has 1 aromatic heterocycles. The monoisotopic (exact) mass is 313 g/mol. The maximum atomic E-state index is 12.6. The van der Waals surface area contributed by atoms with Crippen LogP contribution >= 0.6 is 11.6 Å². The topological polar surface area (TPSA) is 56.2 Å². The molecule has 0 amide bonds. The van der Waals surface area contributed by atoms with E-state index in [1.807, 2.05) is 27.7 Å². The standard InChI is InChI=1S/C15H24ClN3O2/c1-5-21-14(20)15(12-6-7-12,17-10(2)3)9-19-8-13(16)11(4)18-19/h8,10,12,17H,5-7,9H2,1-4H3. The lowest BCUT2D eigenvalue weighted by atomic mass is 9.92. The molecule has 1 aliphatic carbocycles. The van der Waals surface area contributed by atoms with Crippen molar-refractivity contribution in [2.75, 3.05) is 6.61 Å². The van der Waals surface area contributed by atoms with Crippen molar-refractivity contribution in [2.45, 2.75) is 58.7 Å². The second-order valence-electron chi connectivity index (χ2n) is 6.03. The van der Waals surface area contributed by atoms with Crippen molar-refractivity contribution in [1.82, 2.24) is 15.1 Å². The molecule has 1 unspecified atom stereocenters. The Labute approximate surface area is 131 Å². The Balaban J connectivity index is 2.30. The van der Waals surface area contributed by atoms with Crippen LogP contribution < -0.4 is 5.32 Å². The number of carbonyl (C=O) groups excluding carboxylic acids is 1. The van der Waals surface area contributed by atoms with Gasteiger partial charge in [0.1, 0.15) is 5.54 Å². The first-order valence-corrected chi connectivity index (χ1v) is 7.91. The number of aromatic nitrogens is 2. The first-order valence-electron chi connectivity index (χ1n) is 7.53. The molecule has 1 fully saturated rings. The summed E-state index contributed by atoms with van der Waals surface area (Å²) in [7, 11) is 0. The summed E-state index contributed by atoms with van der Waals surface area (Å²) < 4.78 is 7.10. The molecule has 1 aliphatic rings. The number of halogens is 1. The molecule has 0 radical (unpaired) electrons. The quantitative estimate of drug-likeness (QED) is 0.786. The zero-order valence-corrected chi connectivity index (χ0v) is 13.9. The third-order valence-electron chi connectivity index (χ3n) is 3.76. The minimum absolute atomic E-state index is 0.183. The zero-order valence-electron chi connectivity index (χ0n) is 13.1. The molecule has 2 rings (SSSR count). The predicted octanol–water partition coefficient (Wildman–Crippen LogP) is 2.55. The van der Waals surface area contributed by atoms with Gasteiger partial charge in [0.05, 0.1) is 23.9 Å². The van der Waals surface area contributed by atoms with Crippen LogP contribution in [0.2, 0.25) is 5.02 Å². The van der Waals surface area contributed by atoms with E-state index in [1.54, 1.807) is 10.9 Å². The molecular formula is C15H24ClN3O2. The van der Waals surface area contributed by atoms with Gasteiger partial charge in [-0.3, -0.25) is 10.00 Å². The minimum Gasteiger partial charge on any atom is -0.465 e. The van der Waals surface area contributed by atoms with Crippen molar-refractivity contribution in [2.24, 2.45) is 5.92 Å². The van der Waals surface area contributed by atoms with E-state index in [0.29, 0.717) is 24.1 Å². The Bertz CT molecular complexity index is 492. The molecule has 5 nitrogen and oxygen atoms in total. The van der Waals surface area contributed by atoms with Gasteiger partial charge in [-0.05, 0) is 46.5 Å². The van der Waals surface area contributed by atoms with Crippen molar-refractivity contribution >= 4 is 17.6 Å². The van der Waals surface area contributed by atoms with Crippen LogP contribution in [-0.2, 0) is 16.1 Å². The maximum Gasteiger partial charge on any atom is 0.328 e. The molecule has 6 heteroatoms. The maximum absolute atomic E-state index is 12.6. The van der Waals surface area contributed by atoms with Crippen LogP contribution in [0.15, 0.2) is 6.20 Å². The Morgan fingerprint density at radius 3 is 2.71 bits per heavy atom. The van der Waals surface area contributed by atoms with Crippen molar-refractivity contribution in [1.29, 1.82) is 0 Å². The number of aryl methyl sites for hydroxylation is 1. The van der Waals surface area contributed by atoms with E-state index in [-0.39, 0.29) is 12.0 Å². The van der Waals surface area contributed by atoms with Gasteiger partial charge >= 0.3 is 5.97 Å². The summed E-state index contributed by atoms with van der Waals surface area (Å²) in [5.41, 5.74) is 0.0566. The van der Waals surface area contributed by atoms with Gasteiger partial charge in [-0.1, -0.05) is 11.6 Å². The second-order valence-corrected chi connectivity index (χ2v) is 6.43. The molecule has 0 aromatic carbocycles. The fourth-order valence-corrected chi connectivity index (χ4v) is 2.91. The van der Waals surface area contributed by atoms with E-state index in [0.717, 1.165) is 18.5 Å². The molecule has 1 heterocycles. The van der Waals surface area contributed by atoms with Crippen molar-refractivity contribution in [3.63, 3.8) is 0 Å². The third kappa shape index (κ3) is 3.58. The third-order valence-corrected chi connectivity index (χ3v) is 4.13. The average molecular weight is 314 g/mol. The van der Waals surface area contributed by atoms with E-state index in [4.69, 9.17) is 16.3 Å². The number of hydrogen-bond donors (Lipinski definition) is 1. The summed E-state index contributed by atoms with van der Waals surface area (Å²) >= 11 is 6.08. The fraction of sp³-hybridized carbons (Fsp3) is 0.733. The lowest BCUT2D eigenvalue weighted by Gasteiger charge is -2.34. The van der Waals surface area contributed by atoms with E-state index in [2.05, 4.69) is 10.4 Å². The van der Waals surface area contributed by atoms with Gasteiger partial charge in [0.15, 0.2) is 0 Å². The molecular weight excluding hydrogens is 290 g/mol. The fourth-order valence-electron chi connectivity index (χ4n) is 2.76. The highest BCUT2D eigenvalue weighted by Crippen LogP contribution is 2.42.